The van der Waals surface area contributed by atoms with Gasteiger partial charge in [-0.15, -0.1) is 0 Å². The molecule has 0 aliphatic heterocycles. The summed E-state index contributed by atoms with van der Waals surface area (Å²) in [5.41, 5.74) is -0.0943. The monoisotopic (exact) mass is 336 g/mol. The Hall–Kier alpha value is -2.68. The first-order valence-corrected chi connectivity index (χ1v) is 7.61. The number of furan rings is 1. The van der Waals surface area contributed by atoms with E-state index < -0.39 is 4.92 Å². The first-order valence-electron chi connectivity index (χ1n) is 7.61. The van der Waals surface area contributed by atoms with Crippen molar-refractivity contribution in [3.8, 4) is 0 Å². The highest BCUT2D eigenvalue weighted by molar-refractivity contribution is 5.91. The van der Waals surface area contributed by atoms with Crippen molar-refractivity contribution in [3.63, 3.8) is 0 Å². The maximum Gasteiger partial charge on any atom is 0.307 e. The largest absolute Gasteiger partial charge is 0.454 e. The molecular formula is C15H20N4O5. The second-order valence-corrected chi connectivity index (χ2v) is 5.45. The van der Waals surface area contributed by atoms with Gasteiger partial charge in [0.2, 0.25) is 0 Å². The van der Waals surface area contributed by atoms with Crippen LogP contribution < -0.4 is 5.32 Å². The van der Waals surface area contributed by atoms with Crippen molar-refractivity contribution in [1.82, 2.24) is 15.1 Å². The molecular weight excluding hydrogens is 316 g/mol. The Morgan fingerprint density at radius 2 is 2.29 bits per heavy atom. The molecule has 0 unspecified atom stereocenters. The Kier molecular flexibility index (Phi) is 6.07. The zero-order valence-electron chi connectivity index (χ0n) is 13.6. The second-order valence-electron chi connectivity index (χ2n) is 5.45. The third-order valence-corrected chi connectivity index (χ3v) is 3.09. The molecule has 2 aromatic heterocycles. The zero-order chi connectivity index (χ0) is 17.5. The predicted octanol–water partition coefficient (Wildman–Crippen LogP) is 1.98. The number of carbonyl (C=O) groups excluding carboxylic acids is 1. The molecule has 0 spiro atoms. The molecule has 0 fully saturated rings. The first kappa shape index (κ1) is 17.7. The van der Waals surface area contributed by atoms with Gasteiger partial charge in [-0.25, -0.2) is 0 Å². The van der Waals surface area contributed by atoms with E-state index in [1.807, 2.05) is 13.8 Å². The number of aromatic nitrogens is 2. The SMILES string of the molecule is CC(C)OCCCNC(=O)c1ccc(Cn2cc([N+](=O)[O-])cn2)o1. The second kappa shape index (κ2) is 8.25. The van der Waals surface area contributed by atoms with Crippen molar-refractivity contribution in [1.29, 1.82) is 0 Å². The van der Waals surface area contributed by atoms with Crippen molar-refractivity contribution in [2.45, 2.75) is 32.9 Å². The minimum Gasteiger partial charge on any atom is -0.454 e. The van der Waals surface area contributed by atoms with Crippen LogP contribution in [-0.4, -0.2) is 39.9 Å². The van der Waals surface area contributed by atoms with Gasteiger partial charge in [0.25, 0.3) is 5.91 Å². The van der Waals surface area contributed by atoms with Crippen LogP contribution in [-0.2, 0) is 11.3 Å². The van der Waals surface area contributed by atoms with Crippen LogP contribution in [0.15, 0.2) is 28.9 Å². The van der Waals surface area contributed by atoms with Crippen LogP contribution in [0, 0.1) is 10.1 Å². The van der Waals surface area contributed by atoms with Crippen LogP contribution in [0.5, 0.6) is 0 Å². The van der Waals surface area contributed by atoms with E-state index in [9.17, 15) is 14.9 Å². The van der Waals surface area contributed by atoms with Gasteiger partial charge in [-0.05, 0) is 32.4 Å². The van der Waals surface area contributed by atoms with Crippen molar-refractivity contribution < 1.29 is 18.9 Å². The fourth-order valence-corrected chi connectivity index (χ4v) is 1.96. The lowest BCUT2D eigenvalue weighted by Gasteiger charge is -2.07. The van der Waals surface area contributed by atoms with Gasteiger partial charge in [-0.2, -0.15) is 5.10 Å². The lowest BCUT2D eigenvalue weighted by Crippen LogP contribution is -2.25. The topological polar surface area (TPSA) is 112 Å². The molecule has 0 aromatic carbocycles. The molecule has 9 heteroatoms. The van der Waals surface area contributed by atoms with E-state index in [1.54, 1.807) is 12.1 Å². The van der Waals surface area contributed by atoms with Crippen LogP contribution >= 0.6 is 0 Å². The Balaban J connectivity index is 1.81. The Morgan fingerprint density at radius 3 is 2.96 bits per heavy atom. The van der Waals surface area contributed by atoms with E-state index in [-0.39, 0.29) is 30.0 Å². The van der Waals surface area contributed by atoms with Gasteiger partial charge in [-0.1, -0.05) is 0 Å². The highest BCUT2D eigenvalue weighted by atomic mass is 16.6. The van der Waals surface area contributed by atoms with Crippen molar-refractivity contribution >= 4 is 11.6 Å². The molecule has 0 aliphatic carbocycles. The summed E-state index contributed by atoms with van der Waals surface area (Å²) >= 11 is 0. The molecule has 0 radical (unpaired) electrons. The minimum atomic E-state index is -0.520. The van der Waals surface area contributed by atoms with Crippen LogP contribution in [0.1, 0.15) is 36.6 Å². The molecule has 2 heterocycles. The van der Waals surface area contributed by atoms with Gasteiger partial charge < -0.3 is 14.5 Å². The minimum absolute atomic E-state index is 0.0943. The van der Waals surface area contributed by atoms with Crippen LogP contribution in [0.2, 0.25) is 0 Å². The van der Waals surface area contributed by atoms with E-state index >= 15 is 0 Å². The van der Waals surface area contributed by atoms with E-state index in [0.717, 1.165) is 6.20 Å². The molecule has 24 heavy (non-hydrogen) atoms. The third kappa shape index (κ3) is 5.20. The normalized spacial score (nSPS) is 11.0. The quantitative estimate of drug-likeness (QED) is 0.425. The summed E-state index contributed by atoms with van der Waals surface area (Å²) in [5.74, 6) is 0.370. The molecule has 0 saturated heterocycles. The number of rotatable bonds is 9. The fourth-order valence-electron chi connectivity index (χ4n) is 1.96. The van der Waals surface area contributed by atoms with E-state index in [0.29, 0.717) is 25.3 Å². The van der Waals surface area contributed by atoms with Gasteiger partial charge >= 0.3 is 5.69 Å². The smallest absolute Gasteiger partial charge is 0.307 e. The highest BCUT2D eigenvalue weighted by Gasteiger charge is 2.13. The molecule has 0 saturated carbocycles. The number of nitrogens with zero attached hydrogens (tertiary/aromatic N) is 3. The van der Waals surface area contributed by atoms with Gasteiger partial charge in [0, 0.05) is 13.2 Å². The van der Waals surface area contributed by atoms with E-state index in [4.69, 9.17) is 9.15 Å². The molecule has 0 bridgehead atoms. The lowest BCUT2D eigenvalue weighted by molar-refractivity contribution is -0.385. The number of nitro groups is 1. The molecule has 0 aliphatic rings. The highest BCUT2D eigenvalue weighted by Crippen LogP contribution is 2.12. The predicted molar refractivity (Wildman–Crippen MR) is 84.7 cm³/mol. The first-order chi connectivity index (χ1) is 11.5. The van der Waals surface area contributed by atoms with E-state index in [2.05, 4.69) is 10.4 Å². The number of hydrogen-bond donors (Lipinski definition) is 1. The molecule has 0 atom stereocenters. The summed E-state index contributed by atoms with van der Waals surface area (Å²) in [6.07, 6.45) is 3.35. The van der Waals surface area contributed by atoms with Gasteiger partial charge in [0.1, 0.15) is 18.2 Å². The summed E-state index contributed by atoms with van der Waals surface area (Å²) in [7, 11) is 0. The Bertz CT molecular complexity index is 692. The van der Waals surface area contributed by atoms with Gasteiger partial charge in [0.15, 0.2) is 5.76 Å². The number of amides is 1. The summed E-state index contributed by atoms with van der Waals surface area (Å²) in [4.78, 5) is 22.0. The maximum atomic E-state index is 11.9. The molecule has 1 amide bonds. The number of nitrogens with one attached hydrogen (secondary N) is 1. The van der Waals surface area contributed by atoms with Crippen LogP contribution in [0.3, 0.4) is 0 Å². The van der Waals surface area contributed by atoms with Gasteiger partial charge in [0.05, 0.1) is 17.6 Å². The zero-order valence-corrected chi connectivity index (χ0v) is 13.6. The molecule has 9 nitrogen and oxygen atoms in total. The number of hydrogen-bond acceptors (Lipinski definition) is 6. The average molecular weight is 336 g/mol. The lowest BCUT2D eigenvalue weighted by atomic mass is 10.3. The number of ether oxygens (including phenoxy) is 1. The molecule has 1 N–H and O–H groups in total. The van der Waals surface area contributed by atoms with Crippen LogP contribution in [0.25, 0.3) is 0 Å². The van der Waals surface area contributed by atoms with Gasteiger partial charge in [-0.3, -0.25) is 19.6 Å². The standard InChI is InChI=1S/C15H20N4O5/c1-11(2)23-7-3-6-16-15(20)14-5-4-13(24-14)10-18-9-12(8-17-18)19(21)22/h4-5,8-9,11H,3,6-7,10H2,1-2H3,(H,16,20). The summed E-state index contributed by atoms with van der Waals surface area (Å²) in [6, 6.07) is 3.21. The van der Waals surface area contributed by atoms with Crippen LogP contribution in [0.4, 0.5) is 5.69 Å². The summed E-state index contributed by atoms with van der Waals surface area (Å²) in [5, 5.41) is 17.2. The van der Waals surface area contributed by atoms with Crippen molar-refractivity contribution in [2.75, 3.05) is 13.2 Å². The Labute approximate surface area is 138 Å². The third-order valence-electron chi connectivity index (χ3n) is 3.09. The Morgan fingerprint density at radius 1 is 1.50 bits per heavy atom. The fraction of sp³-hybridized carbons (Fsp3) is 0.467. The van der Waals surface area contributed by atoms with Crippen molar-refractivity contribution in [3.05, 3.63) is 46.2 Å². The molecule has 2 rings (SSSR count). The summed E-state index contributed by atoms with van der Waals surface area (Å²) < 4.78 is 12.2. The average Bonchev–Trinajstić information content (AvgIpc) is 3.16. The van der Waals surface area contributed by atoms with Crippen molar-refractivity contribution in [2.24, 2.45) is 0 Å². The molecule has 130 valence electrons. The van der Waals surface area contributed by atoms with E-state index in [1.165, 1.54) is 10.9 Å². The maximum absolute atomic E-state index is 11.9. The molecule has 2 aromatic rings. The summed E-state index contributed by atoms with van der Waals surface area (Å²) in [6.45, 7) is 5.20. The number of carbonyl (C=O) groups is 1.